The molecule has 1 N–H and O–H groups in total. The maximum absolute atomic E-state index is 13.1. The molecule has 0 bridgehead atoms. The van der Waals surface area contributed by atoms with Crippen LogP contribution in [0.4, 0.5) is 0 Å². The Morgan fingerprint density at radius 3 is 2.46 bits per heavy atom. The summed E-state index contributed by atoms with van der Waals surface area (Å²) in [7, 11) is 0. The van der Waals surface area contributed by atoms with Gasteiger partial charge in [0.05, 0.1) is 16.6 Å². The van der Waals surface area contributed by atoms with E-state index in [1.165, 1.54) is 0 Å². The molecule has 4 rings (SSSR count). The van der Waals surface area contributed by atoms with Crippen LogP contribution in [0, 0.1) is 6.92 Å². The number of aromatic nitrogens is 2. The van der Waals surface area contributed by atoms with Gasteiger partial charge in [-0.3, -0.25) is 4.79 Å². The Kier molecular flexibility index (Phi) is 5.08. The van der Waals surface area contributed by atoms with Crippen molar-refractivity contribution in [1.82, 2.24) is 15.1 Å². The number of nitrogens with one attached hydrogen (secondary N) is 1. The van der Waals surface area contributed by atoms with Crippen LogP contribution < -0.4 is 5.32 Å². The molecule has 2 aromatic carbocycles. The van der Waals surface area contributed by atoms with Crippen LogP contribution in [-0.4, -0.2) is 15.7 Å². The lowest BCUT2D eigenvalue weighted by Gasteiger charge is -2.15. The Morgan fingerprint density at radius 2 is 1.79 bits per heavy atom. The van der Waals surface area contributed by atoms with E-state index in [1.54, 1.807) is 16.0 Å². The van der Waals surface area contributed by atoms with Crippen LogP contribution in [-0.2, 0) is 0 Å². The molecule has 0 saturated carbocycles. The van der Waals surface area contributed by atoms with E-state index < -0.39 is 0 Å². The number of hydrogen-bond acceptors (Lipinski definition) is 3. The van der Waals surface area contributed by atoms with Crippen LogP contribution in [0.3, 0.4) is 0 Å². The van der Waals surface area contributed by atoms with Gasteiger partial charge in [-0.2, -0.15) is 5.10 Å². The number of nitrogens with zero attached hydrogens (tertiary/aromatic N) is 2. The third kappa shape index (κ3) is 3.75. The summed E-state index contributed by atoms with van der Waals surface area (Å²) in [6.45, 7) is 4.03. The summed E-state index contributed by atoms with van der Waals surface area (Å²) in [5.41, 5.74) is 4.42. The van der Waals surface area contributed by atoms with Gasteiger partial charge in [-0.15, -0.1) is 11.3 Å². The van der Waals surface area contributed by atoms with Crippen molar-refractivity contribution in [3.05, 3.63) is 95.0 Å². The highest BCUT2D eigenvalue weighted by molar-refractivity contribution is 7.13. The minimum atomic E-state index is -0.146. The van der Waals surface area contributed by atoms with Crippen molar-refractivity contribution >= 4 is 17.2 Å². The van der Waals surface area contributed by atoms with E-state index in [-0.39, 0.29) is 11.9 Å². The van der Waals surface area contributed by atoms with E-state index in [0.29, 0.717) is 5.69 Å². The molecule has 5 heteroatoms. The SMILES string of the molecule is Cc1ccc(-n2nc(-c3cccs3)cc2C(=O)N[C@H](C)c2ccccc2)cc1. The molecule has 28 heavy (non-hydrogen) atoms. The lowest BCUT2D eigenvalue weighted by molar-refractivity contribution is 0.0932. The number of amides is 1. The maximum atomic E-state index is 13.1. The summed E-state index contributed by atoms with van der Waals surface area (Å²) in [5, 5.41) is 9.83. The first-order chi connectivity index (χ1) is 13.6. The summed E-state index contributed by atoms with van der Waals surface area (Å²) in [5.74, 6) is -0.146. The largest absolute Gasteiger partial charge is 0.344 e. The average Bonchev–Trinajstić information content (AvgIpc) is 3.39. The standard InChI is InChI=1S/C23H21N3OS/c1-16-10-12-19(13-11-16)26-21(15-20(25-26)22-9-6-14-28-22)23(27)24-17(2)18-7-4-3-5-8-18/h3-15,17H,1-2H3,(H,24,27)/t17-/m1/s1. The van der Waals surface area contributed by atoms with Crippen molar-refractivity contribution in [2.45, 2.75) is 19.9 Å². The number of benzene rings is 2. The summed E-state index contributed by atoms with van der Waals surface area (Å²) in [6.07, 6.45) is 0. The van der Waals surface area contributed by atoms with Crippen molar-refractivity contribution < 1.29 is 4.79 Å². The highest BCUT2D eigenvalue weighted by Crippen LogP contribution is 2.26. The van der Waals surface area contributed by atoms with Crippen LogP contribution >= 0.6 is 11.3 Å². The number of thiophene rings is 1. The van der Waals surface area contributed by atoms with Gasteiger partial charge in [-0.25, -0.2) is 4.68 Å². The van der Waals surface area contributed by atoms with E-state index in [4.69, 9.17) is 5.10 Å². The summed E-state index contributed by atoms with van der Waals surface area (Å²) in [6, 6.07) is 23.7. The third-order valence-electron chi connectivity index (χ3n) is 4.64. The minimum absolute atomic E-state index is 0.0970. The second kappa shape index (κ2) is 7.82. The molecule has 140 valence electrons. The Balaban J connectivity index is 1.70. The quantitative estimate of drug-likeness (QED) is 0.498. The molecular weight excluding hydrogens is 366 g/mol. The van der Waals surface area contributed by atoms with Crippen molar-refractivity contribution in [3.8, 4) is 16.3 Å². The molecule has 4 nitrogen and oxygen atoms in total. The molecule has 1 atom stereocenters. The Bertz CT molecular complexity index is 1070. The van der Waals surface area contributed by atoms with E-state index in [2.05, 4.69) is 5.32 Å². The Labute approximate surface area is 168 Å². The van der Waals surface area contributed by atoms with Crippen LogP contribution in [0.5, 0.6) is 0 Å². The van der Waals surface area contributed by atoms with Gasteiger partial charge in [0, 0.05) is 0 Å². The second-order valence-corrected chi connectivity index (χ2v) is 7.69. The molecule has 2 heterocycles. The van der Waals surface area contributed by atoms with Gasteiger partial charge >= 0.3 is 0 Å². The van der Waals surface area contributed by atoms with E-state index >= 15 is 0 Å². The predicted molar refractivity (Wildman–Crippen MR) is 114 cm³/mol. The normalized spacial score (nSPS) is 11.9. The molecule has 0 unspecified atom stereocenters. The topological polar surface area (TPSA) is 46.9 Å². The van der Waals surface area contributed by atoms with Gasteiger partial charge in [0.15, 0.2) is 0 Å². The maximum Gasteiger partial charge on any atom is 0.270 e. The third-order valence-corrected chi connectivity index (χ3v) is 5.53. The molecule has 0 saturated heterocycles. The molecule has 0 spiro atoms. The predicted octanol–water partition coefficient (Wildman–Crippen LogP) is 5.40. The van der Waals surface area contributed by atoms with Crippen LogP contribution in [0.2, 0.25) is 0 Å². The summed E-state index contributed by atoms with van der Waals surface area (Å²) < 4.78 is 1.72. The highest BCUT2D eigenvalue weighted by Gasteiger charge is 2.20. The van der Waals surface area contributed by atoms with Gasteiger partial charge in [0.1, 0.15) is 11.4 Å². The lowest BCUT2D eigenvalue weighted by Crippen LogP contribution is -2.28. The van der Waals surface area contributed by atoms with Crippen LogP contribution in [0.15, 0.2) is 78.2 Å². The van der Waals surface area contributed by atoms with E-state index in [9.17, 15) is 4.79 Å². The molecule has 4 aromatic rings. The molecule has 0 aliphatic rings. The van der Waals surface area contributed by atoms with Crippen molar-refractivity contribution in [2.75, 3.05) is 0 Å². The Morgan fingerprint density at radius 1 is 1.04 bits per heavy atom. The van der Waals surface area contributed by atoms with Crippen molar-refractivity contribution in [3.63, 3.8) is 0 Å². The lowest BCUT2D eigenvalue weighted by atomic mass is 10.1. The summed E-state index contributed by atoms with van der Waals surface area (Å²) in [4.78, 5) is 14.1. The first-order valence-corrected chi connectivity index (χ1v) is 10.1. The van der Waals surface area contributed by atoms with Gasteiger partial charge in [-0.05, 0) is 49.1 Å². The zero-order chi connectivity index (χ0) is 19.5. The first kappa shape index (κ1) is 18.2. The molecule has 0 radical (unpaired) electrons. The number of hydrogen-bond donors (Lipinski definition) is 1. The van der Waals surface area contributed by atoms with Crippen molar-refractivity contribution in [2.24, 2.45) is 0 Å². The molecule has 0 aliphatic heterocycles. The molecule has 0 fully saturated rings. The highest BCUT2D eigenvalue weighted by atomic mass is 32.1. The molecule has 2 aromatic heterocycles. The number of rotatable bonds is 5. The first-order valence-electron chi connectivity index (χ1n) is 9.18. The zero-order valence-electron chi connectivity index (χ0n) is 15.8. The fourth-order valence-electron chi connectivity index (χ4n) is 3.07. The van der Waals surface area contributed by atoms with Crippen LogP contribution in [0.1, 0.15) is 34.6 Å². The Hall–Kier alpha value is -3.18. The second-order valence-electron chi connectivity index (χ2n) is 6.75. The number of aryl methyl sites for hydroxylation is 1. The monoisotopic (exact) mass is 387 g/mol. The van der Waals surface area contributed by atoms with Gasteiger partial charge < -0.3 is 5.32 Å². The fourth-order valence-corrected chi connectivity index (χ4v) is 3.75. The summed E-state index contributed by atoms with van der Waals surface area (Å²) >= 11 is 1.61. The fraction of sp³-hybridized carbons (Fsp3) is 0.130. The van der Waals surface area contributed by atoms with Gasteiger partial charge in [0.25, 0.3) is 5.91 Å². The average molecular weight is 388 g/mol. The van der Waals surface area contributed by atoms with Gasteiger partial charge in [0.2, 0.25) is 0 Å². The molecule has 0 aliphatic carbocycles. The van der Waals surface area contributed by atoms with Crippen LogP contribution in [0.25, 0.3) is 16.3 Å². The molecular formula is C23H21N3OS. The molecule has 1 amide bonds. The number of carbonyl (C=O) groups is 1. The van der Waals surface area contributed by atoms with E-state index in [0.717, 1.165) is 27.4 Å². The minimum Gasteiger partial charge on any atom is -0.344 e. The van der Waals surface area contributed by atoms with Gasteiger partial charge in [-0.1, -0.05) is 54.1 Å². The zero-order valence-corrected chi connectivity index (χ0v) is 16.6. The smallest absolute Gasteiger partial charge is 0.270 e. The van der Waals surface area contributed by atoms with E-state index in [1.807, 2.05) is 92.0 Å². The number of carbonyl (C=O) groups excluding carboxylic acids is 1. The van der Waals surface area contributed by atoms with Crippen molar-refractivity contribution in [1.29, 1.82) is 0 Å².